The smallest absolute Gasteiger partial charge is 0.292 e. The number of nitrogens with one attached hydrogen (secondary N) is 1. The molecule has 5 fully saturated rings. The molecule has 1 heterocycles. The van der Waals surface area contributed by atoms with E-state index in [4.69, 9.17) is 9.47 Å². The maximum atomic E-state index is 13.2. The van der Waals surface area contributed by atoms with Crippen LogP contribution in [0.5, 0.6) is 11.5 Å². The summed E-state index contributed by atoms with van der Waals surface area (Å²) in [6.45, 7) is 4.68. The number of amides is 1. The Bertz CT molecular complexity index is 1250. The van der Waals surface area contributed by atoms with Crippen LogP contribution >= 0.6 is 0 Å². The molecule has 0 radical (unpaired) electrons. The Kier molecular flexibility index (Phi) is 7.00. The summed E-state index contributed by atoms with van der Waals surface area (Å²) < 4.78 is 10.7. The molecule has 5 aliphatic rings. The van der Waals surface area contributed by atoms with Gasteiger partial charge in [0.05, 0.1) is 19.1 Å². The van der Waals surface area contributed by atoms with E-state index in [-0.39, 0.29) is 28.0 Å². The van der Waals surface area contributed by atoms with Crippen molar-refractivity contribution in [2.45, 2.75) is 51.5 Å². The summed E-state index contributed by atoms with van der Waals surface area (Å²) >= 11 is 0. The summed E-state index contributed by atoms with van der Waals surface area (Å²) in [5.74, 6) is 3.56. The third-order valence-electron chi connectivity index (χ3n) is 10.1. The Hall–Kier alpha value is -3.49. The summed E-state index contributed by atoms with van der Waals surface area (Å²) in [6.07, 6.45) is 7.87. The quantitative estimate of drug-likeness (QED) is 0.339. The van der Waals surface area contributed by atoms with E-state index < -0.39 is 0 Å². The van der Waals surface area contributed by atoms with Gasteiger partial charge in [0.15, 0.2) is 11.5 Å². The first-order valence-corrected chi connectivity index (χ1v) is 14.6. The number of nitrogens with zero attached hydrogens (tertiary/aromatic N) is 3. The van der Waals surface area contributed by atoms with Crippen molar-refractivity contribution >= 4 is 23.0 Å². The van der Waals surface area contributed by atoms with Crippen molar-refractivity contribution in [3.05, 3.63) is 52.1 Å². The zero-order chi connectivity index (χ0) is 28.0. The largest absolute Gasteiger partial charge is 0.493 e. The molecule has 2 aromatic carbocycles. The van der Waals surface area contributed by atoms with Gasteiger partial charge in [-0.25, -0.2) is 0 Å². The van der Waals surface area contributed by atoms with Gasteiger partial charge < -0.3 is 24.6 Å². The summed E-state index contributed by atoms with van der Waals surface area (Å²) in [7, 11) is 3.13. The molecule has 0 unspecified atom stereocenters. The summed E-state index contributed by atoms with van der Waals surface area (Å²) in [5.41, 5.74) is 2.49. The number of piperazine rings is 1. The zero-order valence-electron chi connectivity index (χ0n) is 23.7. The molecule has 9 heteroatoms. The maximum absolute atomic E-state index is 13.2. The van der Waals surface area contributed by atoms with E-state index in [1.165, 1.54) is 38.5 Å². The average molecular weight is 549 g/mol. The van der Waals surface area contributed by atoms with E-state index in [9.17, 15) is 14.9 Å². The van der Waals surface area contributed by atoms with E-state index in [1.54, 1.807) is 38.5 Å². The second-order valence-corrected chi connectivity index (χ2v) is 12.5. The number of carbonyl (C=O) groups excluding carboxylic acids is 1. The monoisotopic (exact) mass is 548 g/mol. The highest BCUT2D eigenvalue weighted by atomic mass is 16.6. The lowest BCUT2D eigenvalue weighted by Gasteiger charge is -2.59. The number of methoxy groups -OCH3 is 2. The number of benzene rings is 2. The second-order valence-electron chi connectivity index (χ2n) is 12.5. The molecular formula is C31H40N4O5. The minimum absolute atomic E-state index is 0.0453. The predicted molar refractivity (Wildman–Crippen MR) is 154 cm³/mol. The minimum Gasteiger partial charge on any atom is -0.493 e. The van der Waals surface area contributed by atoms with Crippen LogP contribution in [0.1, 0.15) is 55.8 Å². The van der Waals surface area contributed by atoms with E-state index in [0.29, 0.717) is 48.9 Å². The lowest BCUT2D eigenvalue weighted by Crippen LogP contribution is -2.53. The van der Waals surface area contributed by atoms with Crippen LogP contribution in [0, 0.1) is 33.3 Å². The Labute approximate surface area is 236 Å². The van der Waals surface area contributed by atoms with Crippen molar-refractivity contribution in [1.82, 2.24) is 4.90 Å². The molecule has 7 rings (SSSR count). The molecule has 1 N–H and O–H groups in total. The fourth-order valence-electron chi connectivity index (χ4n) is 8.41. The summed E-state index contributed by atoms with van der Waals surface area (Å²) in [4.78, 5) is 28.9. The second kappa shape index (κ2) is 10.5. The first-order chi connectivity index (χ1) is 19.3. The van der Waals surface area contributed by atoms with Gasteiger partial charge >= 0.3 is 0 Å². The standard InChI is InChI=1S/C31H40N4O5/c1-20(31-17-21-12-22(18-31)14-23(13-21)19-31)32-26-16-25(5-6-27(26)35(37)38)33-8-10-34(11-9-33)30(36)24-4-7-28(39-2)29(15-24)40-3/h4-7,15-16,20-23,32H,8-14,17-19H2,1-3H3/t20-,21?,22?,23?,31?/m1/s1. The summed E-state index contributed by atoms with van der Waals surface area (Å²) in [6, 6.07) is 10.8. The van der Waals surface area contributed by atoms with Crippen LogP contribution in [0.15, 0.2) is 36.4 Å². The van der Waals surface area contributed by atoms with Crippen molar-refractivity contribution in [2.75, 3.05) is 50.6 Å². The van der Waals surface area contributed by atoms with Gasteiger partial charge in [0.1, 0.15) is 5.69 Å². The van der Waals surface area contributed by atoms with Crippen LogP contribution < -0.4 is 19.7 Å². The number of rotatable bonds is 8. The van der Waals surface area contributed by atoms with E-state index >= 15 is 0 Å². The number of ether oxygens (including phenoxy) is 2. The van der Waals surface area contributed by atoms with Crippen molar-refractivity contribution in [3.8, 4) is 11.5 Å². The highest BCUT2D eigenvalue weighted by Gasteiger charge is 2.53. The molecule has 0 spiro atoms. The number of nitro benzene ring substituents is 1. The first-order valence-electron chi connectivity index (χ1n) is 14.6. The molecule has 1 atom stereocenters. The Morgan fingerprint density at radius 1 is 0.950 bits per heavy atom. The number of hydrogen-bond donors (Lipinski definition) is 1. The third-order valence-corrected chi connectivity index (χ3v) is 10.1. The number of hydrogen-bond acceptors (Lipinski definition) is 7. The minimum atomic E-state index is -0.280. The van der Waals surface area contributed by atoms with Crippen LogP contribution in [-0.4, -0.2) is 62.2 Å². The van der Waals surface area contributed by atoms with Gasteiger partial charge in [0.2, 0.25) is 0 Å². The zero-order valence-corrected chi connectivity index (χ0v) is 23.7. The van der Waals surface area contributed by atoms with Crippen LogP contribution in [0.2, 0.25) is 0 Å². The first kappa shape index (κ1) is 26.7. The SMILES string of the molecule is COc1ccc(C(=O)N2CCN(c3ccc([N+](=O)[O-])c(N[C@H](C)C45CC6CC(CC(C6)C4)C5)c3)CC2)cc1OC. The highest BCUT2D eigenvalue weighted by molar-refractivity contribution is 5.95. The van der Waals surface area contributed by atoms with Gasteiger partial charge in [-0.15, -0.1) is 0 Å². The van der Waals surface area contributed by atoms with Gasteiger partial charge in [0.25, 0.3) is 11.6 Å². The normalized spacial score (nSPS) is 27.8. The Morgan fingerprint density at radius 2 is 1.57 bits per heavy atom. The molecule has 4 bridgehead atoms. The average Bonchev–Trinajstić information content (AvgIpc) is 2.95. The van der Waals surface area contributed by atoms with Gasteiger partial charge in [-0.05, 0) is 98.9 Å². The van der Waals surface area contributed by atoms with Gasteiger partial charge in [0, 0.05) is 49.5 Å². The molecule has 1 saturated heterocycles. The molecule has 214 valence electrons. The van der Waals surface area contributed by atoms with Gasteiger partial charge in [-0.3, -0.25) is 14.9 Å². The number of nitro groups is 1. The topological polar surface area (TPSA) is 97.2 Å². The van der Waals surface area contributed by atoms with E-state index in [0.717, 1.165) is 23.4 Å². The maximum Gasteiger partial charge on any atom is 0.292 e. The van der Waals surface area contributed by atoms with Crippen LogP contribution in [-0.2, 0) is 0 Å². The van der Waals surface area contributed by atoms with Crippen molar-refractivity contribution in [2.24, 2.45) is 23.2 Å². The third kappa shape index (κ3) is 4.84. The fraction of sp³-hybridized carbons (Fsp3) is 0.581. The fourth-order valence-corrected chi connectivity index (χ4v) is 8.41. The molecule has 4 aliphatic carbocycles. The van der Waals surface area contributed by atoms with Crippen molar-refractivity contribution in [1.29, 1.82) is 0 Å². The Balaban J connectivity index is 1.15. The van der Waals surface area contributed by atoms with E-state index in [2.05, 4.69) is 17.1 Å². The van der Waals surface area contributed by atoms with Crippen LogP contribution in [0.25, 0.3) is 0 Å². The van der Waals surface area contributed by atoms with Crippen LogP contribution in [0.4, 0.5) is 17.1 Å². The molecule has 2 aromatic rings. The molecule has 9 nitrogen and oxygen atoms in total. The molecule has 40 heavy (non-hydrogen) atoms. The van der Waals surface area contributed by atoms with E-state index in [1.807, 2.05) is 17.0 Å². The summed E-state index contributed by atoms with van der Waals surface area (Å²) in [5, 5.41) is 15.6. The number of anilines is 2. The molecule has 1 amide bonds. The molecule has 1 aliphatic heterocycles. The molecular weight excluding hydrogens is 508 g/mol. The number of carbonyl (C=O) groups is 1. The van der Waals surface area contributed by atoms with Gasteiger partial charge in [-0.2, -0.15) is 0 Å². The lowest BCUT2D eigenvalue weighted by molar-refractivity contribution is -0.384. The van der Waals surface area contributed by atoms with Crippen molar-refractivity contribution in [3.63, 3.8) is 0 Å². The Morgan fingerprint density at radius 3 is 2.15 bits per heavy atom. The molecule has 0 aromatic heterocycles. The van der Waals surface area contributed by atoms with Crippen LogP contribution in [0.3, 0.4) is 0 Å². The highest BCUT2D eigenvalue weighted by Crippen LogP contribution is 2.61. The lowest BCUT2D eigenvalue weighted by atomic mass is 9.48. The predicted octanol–water partition coefficient (Wildman–Crippen LogP) is 5.59. The van der Waals surface area contributed by atoms with Crippen molar-refractivity contribution < 1.29 is 19.2 Å². The van der Waals surface area contributed by atoms with Gasteiger partial charge in [-0.1, -0.05) is 0 Å². The molecule has 4 saturated carbocycles.